The molecule has 0 N–H and O–H groups in total. The van der Waals surface area contributed by atoms with Crippen molar-refractivity contribution in [3.8, 4) is 0 Å². The van der Waals surface area contributed by atoms with E-state index < -0.39 is 0 Å². The first kappa shape index (κ1) is 19.8. The van der Waals surface area contributed by atoms with Gasteiger partial charge in [0.2, 0.25) is 5.91 Å². The zero-order valence-corrected chi connectivity index (χ0v) is 18.6. The molecule has 2 aromatic carbocycles. The van der Waals surface area contributed by atoms with Crippen LogP contribution in [-0.4, -0.2) is 42.0 Å². The minimum Gasteiger partial charge on any atom is -0.423 e. The lowest BCUT2D eigenvalue weighted by Crippen LogP contribution is -2.52. The maximum Gasteiger partial charge on any atom is 0.298 e. The molecule has 2 aliphatic heterocycles. The minimum atomic E-state index is 0.115. The molecule has 166 valence electrons. The molecule has 3 aromatic rings. The number of oxazole rings is 1. The number of aryl methyl sites for hydroxylation is 1. The molecule has 6 rings (SSSR count). The molecule has 1 aromatic heterocycles. The van der Waals surface area contributed by atoms with E-state index in [-0.39, 0.29) is 11.3 Å². The summed E-state index contributed by atoms with van der Waals surface area (Å²) >= 11 is 0. The SMILES string of the molecule is O=C(C1CCN(c2nc3ccccc3o2)CC1)N1CCCC2(CCCc3ccccc32)C1. The van der Waals surface area contributed by atoms with Crippen LogP contribution in [-0.2, 0) is 16.6 Å². The molecule has 3 heterocycles. The van der Waals surface area contributed by atoms with Gasteiger partial charge in [0.1, 0.15) is 5.52 Å². The highest BCUT2D eigenvalue weighted by atomic mass is 16.4. The lowest BCUT2D eigenvalue weighted by molar-refractivity contribution is -0.138. The van der Waals surface area contributed by atoms with Crippen LogP contribution in [0.15, 0.2) is 52.9 Å². The molecular weight excluding hydrogens is 398 g/mol. The van der Waals surface area contributed by atoms with Crippen molar-refractivity contribution < 1.29 is 9.21 Å². The zero-order chi connectivity index (χ0) is 21.5. The molecule has 0 radical (unpaired) electrons. The molecule has 1 amide bonds. The van der Waals surface area contributed by atoms with Crippen LogP contribution in [0.1, 0.15) is 49.7 Å². The Morgan fingerprint density at radius 2 is 1.75 bits per heavy atom. The summed E-state index contributed by atoms with van der Waals surface area (Å²) in [4.78, 5) is 22.6. The fourth-order valence-electron chi connectivity index (χ4n) is 6.32. The summed E-state index contributed by atoms with van der Waals surface area (Å²) in [7, 11) is 0. The van der Waals surface area contributed by atoms with Gasteiger partial charge in [-0.1, -0.05) is 36.4 Å². The van der Waals surface area contributed by atoms with Crippen molar-refractivity contribution in [1.29, 1.82) is 0 Å². The molecule has 1 atom stereocenters. The van der Waals surface area contributed by atoms with E-state index in [0.29, 0.717) is 11.9 Å². The molecule has 2 fully saturated rings. The number of carbonyl (C=O) groups is 1. The van der Waals surface area contributed by atoms with Crippen molar-refractivity contribution in [2.24, 2.45) is 5.92 Å². The summed E-state index contributed by atoms with van der Waals surface area (Å²) in [5, 5.41) is 0. The van der Waals surface area contributed by atoms with Gasteiger partial charge in [-0.3, -0.25) is 4.79 Å². The van der Waals surface area contributed by atoms with Crippen LogP contribution in [0.4, 0.5) is 6.01 Å². The molecule has 32 heavy (non-hydrogen) atoms. The maximum atomic E-state index is 13.5. The van der Waals surface area contributed by atoms with E-state index in [1.54, 1.807) is 0 Å². The van der Waals surface area contributed by atoms with Crippen LogP contribution in [0, 0.1) is 5.92 Å². The first-order chi connectivity index (χ1) is 15.7. The molecular formula is C27H31N3O2. The number of carbonyl (C=O) groups excluding carboxylic acids is 1. The van der Waals surface area contributed by atoms with E-state index >= 15 is 0 Å². The smallest absolute Gasteiger partial charge is 0.298 e. The van der Waals surface area contributed by atoms with Gasteiger partial charge in [-0.2, -0.15) is 4.98 Å². The molecule has 2 saturated heterocycles. The van der Waals surface area contributed by atoms with Gasteiger partial charge >= 0.3 is 0 Å². The summed E-state index contributed by atoms with van der Waals surface area (Å²) in [6.07, 6.45) is 7.70. The molecule has 1 unspecified atom stereocenters. The molecule has 1 spiro atoms. The van der Waals surface area contributed by atoms with Gasteiger partial charge in [0, 0.05) is 37.5 Å². The standard InChI is InChI=1S/C27H31N3O2/c31-25(21-12-17-29(18-13-21)26-28-23-10-3-4-11-24(23)32-26)30-16-6-15-27(19-30)14-5-8-20-7-1-2-9-22(20)27/h1-4,7,9-11,21H,5-6,8,12-19H2. The van der Waals surface area contributed by atoms with Crippen molar-refractivity contribution in [1.82, 2.24) is 9.88 Å². The quantitative estimate of drug-likeness (QED) is 0.579. The second-order valence-corrected chi connectivity index (χ2v) is 9.88. The Kier molecular flexibility index (Phi) is 4.93. The lowest BCUT2D eigenvalue weighted by Gasteiger charge is -2.47. The van der Waals surface area contributed by atoms with E-state index in [1.807, 2.05) is 24.3 Å². The predicted molar refractivity (Wildman–Crippen MR) is 126 cm³/mol. The van der Waals surface area contributed by atoms with Gasteiger partial charge < -0.3 is 14.2 Å². The number of hydrogen-bond donors (Lipinski definition) is 0. The summed E-state index contributed by atoms with van der Waals surface area (Å²) in [6, 6.07) is 17.5. The Balaban J connectivity index is 1.14. The highest BCUT2D eigenvalue weighted by Gasteiger charge is 2.42. The zero-order valence-electron chi connectivity index (χ0n) is 18.6. The summed E-state index contributed by atoms with van der Waals surface area (Å²) in [5.74, 6) is 0.481. The van der Waals surface area contributed by atoms with E-state index in [0.717, 1.165) is 56.5 Å². The number of nitrogens with zero attached hydrogens (tertiary/aromatic N) is 3. The van der Waals surface area contributed by atoms with Crippen LogP contribution in [0.2, 0.25) is 0 Å². The molecule has 0 bridgehead atoms. The number of anilines is 1. The van der Waals surface area contributed by atoms with Crippen molar-refractivity contribution in [2.45, 2.75) is 50.4 Å². The number of rotatable bonds is 2. The van der Waals surface area contributed by atoms with E-state index in [4.69, 9.17) is 4.42 Å². The third-order valence-corrected chi connectivity index (χ3v) is 7.98. The van der Waals surface area contributed by atoms with Crippen molar-refractivity contribution in [3.05, 3.63) is 59.7 Å². The normalized spacial score (nSPS) is 24.1. The van der Waals surface area contributed by atoms with E-state index in [9.17, 15) is 4.79 Å². The summed E-state index contributed by atoms with van der Waals surface area (Å²) in [5.41, 5.74) is 4.90. The van der Waals surface area contributed by atoms with Gasteiger partial charge in [0.05, 0.1) is 0 Å². The van der Waals surface area contributed by atoms with Crippen molar-refractivity contribution in [2.75, 3.05) is 31.1 Å². The number of para-hydroxylation sites is 2. The van der Waals surface area contributed by atoms with Gasteiger partial charge in [0.25, 0.3) is 6.01 Å². The number of aromatic nitrogens is 1. The largest absolute Gasteiger partial charge is 0.423 e. The van der Waals surface area contributed by atoms with Gasteiger partial charge in [-0.05, 0) is 68.2 Å². The highest BCUT2D eigenvalue weighted by molar-refractivity contribution is 5.79. The van der Waals surface area contributed by atoms with Crippen LogP contribution >= 0.6 is 0 Å². The van der Waals surface area contributed by atoms with Gasteiger partial charge in [-0.25, -0.2) is 0 Å². The third-order valence-electron chi connectivity index (χ3n) is 7.98. The number of fused-ring (bicyclic) bond motifs is 3. The van der Waals surface area contributed by atoms with Crippen LogP contribution in [0.3, 0.4) is 0 Å². The average Bonchev–Trinajstić information content (AvgIpc) is 3.29. The molecule has 1 aliphatic carbocycles. The Morgan fingerprint density at radius 3 is 2.62 bits per heavy atom. The minimum absolute atomic E-state index is 0.115. The lowest BCUT2D eigenvalue weighted by atomic mass is 9.65. The Labute approximate surface area is 189 Å². The summed E-state index contributed by atoms with van der Waals surface area (Å²) in [6.45, 7) is 3.46. The predicted octanol–water partition coefficient (Wildman–Crippen LogP) is 4.94. The van der Waals surface area contributed by atoms with Crippen LogP contribution in [0.5, 0.6) is 0 Å². The van der Waals surface area contributed by atoms with E-state index in [2.05, 4.69) is 39.0 Å². The van der Waals surface area contributed by atoms with Crippen molar-refractivity contribution >= 4 is 23.0 Å². The monoisotopic (exact) mass is 429 g/mol. The highest BCUT2D eigenvalue weighted by Crippen LogP contribution is 2.44. The van der Waals surface area contributed by atoms with Crippen LogP contribution in [0.25, 0.3) is 11.1 Å². The second kappa shape index (κ2) is 7.95. The Morgan fingerprint density at radius 1 is 0.969 bits per heavy atom. The topological polar surface area (TPSA) is 49.6 Å². The number of benzene rings is 2. The van der Waals surface area contributed by atoms with Gasteiger partial charge in [-0.15, -0.1) is 0 Å². The van der Waals surface area contributed by atoms with E-state index in [1.165, 1.54) is 36.8 Å². The fraction of sp³-hybridized carbons (Fsp3) is 0.481. The maximum absolute atomic E-state index is 13.5. The summed E-state index contributed by atoms with van der Waals surface area (Å²) < 4.78 is 5.95. The molecule has 3 aliphatic rings. The third kappa shape index (κ3) is 3.39. The molecule has 5 heteroatoms. The first-order valence-electron chi connectivity index (χ1n) is 12.2. The first-order valence-corrected chi connectivity index (χ1v) is 12.2. The van der Waals surface area contributed by atoms with Crippen LogP contribution < -0.4 is 4.90 Å². The van der Waals surface area contributed by atoms with Gasteiger partial charge in [0.15, 0.2) is 5.58 Å². The number of piperidine rings is 2. The Hall–Kier alpha value is -2.82. The molecule has 0 saturated carbocycles. The number of likely N-dealkylation sites (tertiary alicyclic amines) is 1. The average molecular weight is 430 g/mol. The molecule has 5 nitrogen and oxygen atoms in total. The number of hydrogen-bond acceptors (Lipinski definition) is 4. The number of amides is 1. The fourth-order valence-corrected chi connectivity index (χ4v) is 6.32. The van der Waals surface area contributed by atoms with Crippen molar-refractivity contribution in [3.63, 3.8) is 0 Å². The second-order valence-electron chi connectivity index (χ2n) is 9.88. The Bertz CT molecular complexity index is 1100.